The molecule has 0 aliphatic carbocycles. The first-order valence-corrected chi connectivity index (χ1v) is 8.60. The Kier molecular flexibility index (Phi) is 4.37. The third-order valence-corrected chi connectivity index (χ3v) is 4.50. The van der Waals surface area contributed by atoms with Crippen LogP contribution in [0.15, 0.2) is 54.6 Å². The van der Waals surface area contributed by atoms with Crippen molar-refractivity contribution in [2.24, 2.45) is 0 Å². The molecular weight excluding hydrogens is 371 g/mol. The molecule has 6 nitrogen and oxygen atoms in total. The lowest BCUT2D eigenvalue weighted by Crippen LogP contribution is -2.35. The Bertz CT molecular complexity index is 1030. The highest BCUT2D eigenvalue weighted by molar-refractivity contribution is 6.30. The maximum atomic E-state index is 13.8. The number of hydrogen-bond acceptors (Lipinski definition) is 3. The average Bonchev–Trinajstić information content (AvgIpc) is 3.07. The number of anilines is 2. The molecule has 4 rings (SSSR count). The van der Waals surface area contributed by atoms with E-state index >= 15 is 0 Å². The van der Waals surface area contributed by atoms with Gasteiger partial charge in [-0.05, 0) is 24.3 Å². The minimum atomic E-state index is -0.880. The molecule has 0 radical (unpaired) electrons. The van der Waals surface area contributed by atoms with Crippen molar-refractivity contribution in [2.75, 3.05) is 10.6 Å². The number of carbonyl (C=O) groups excluding carboxylic acids is 2. The molecule has 2 heterocycles. The van der Waals surface area contributed by atoms with E-state index < -0.39 is 17.8 Å². The smallest absolute Gasteiger partial charge is 0.249 e. The van der Waals surface area contributed by atoms with Crippen LogP contribution in [0, 0.1) is 5.82 Å². The summed E-state index contributed by atoms with van der Waals surface area (Å²) in [6.07, 6.45) is -0.0883. The molecule has 0 fully saturated rings. The second kappa shape index (κ2) is 6.85. The Morgan fingerprint density at radius 3 is 2.70 bits per heavy atom. The van der Waals surface area contributed by atoms with Crippen LogP contribution < -0.4 is 10.6 Å². The van der Waals surface area contributed by atoms with Gasteiger partial charge < -0.3 is 10.6 Å². The summed E-state index contributed by atoms with van der Waals surface area (Å²) in [4.78, 5) is 24.7. The predicted molar refractivity (Wildman–Crippen MR) is 100.0 cm³/mol. The van der Waals surface area contributed by atoms with Gasteiger partial charge in [0.25, 0.3) is 0 Å². The SMILES string of the molecule is O=C1CC(C(=O)Nc2ccccc2F)n2nc(-c3ccc(Cl)cc3)cc2N1. The molecule has 1 aliphatic rings. The van der Waals surface area contributed by atoms with Crippen LogP contribution in [0.3, 0.4) is 0 Å². The normalized spacial score (nSPS) is 15.8. The highest BCUT2D eigenvalue weighted by Gasteiger charge is 2.32. The van der Waals surface area contributed by atoms with Crippen LogP contribution in [0.5, 0.6) is 0 Å². The number of para-hydroxylation sites is 1. The fraction of sp³-hybridized carbons (Fsp3) is 0.105. The van der Waals surface area contributed by atoms with E-state index in [1.807, 2.05) is 0 Å². The van der Waals surface area contributed by atoms with E-state index in [0.29, 0.717) is 16.5 Å². The molecule has 0 saturated heterocycles. The third-order valence-electron chi connectivity index (χ3n) is 4.25. The third kappa shape index (κ3) is 3.41. The van der Waals surface area contributed by atoms with Crippen LogP contribution in [0.4, 0.5) is 15.9 Å². The molecule has 2 N–H and O–H groups in total. The van der Waals surface area contributed by atoms with Gasteiger partial charge in [-0.15, -0.1) is 0 Å². The Balaban J connectivity index is 1.66. The van der Waals surface area contributed by atoms with Crippen LogP contribution in [0.25, 0.3) is 11.3 Å². The minimum absolute atomic E-state index is 0.0557. The second-order valence-electron chi connectivity index (χ2n) is 6.10. The highest BCUT2D eigenvalue weighted by atomic mass is 35.5. The maximum Gasteiger partial charge on any atom is 0.249 e. The molecule has 0 bridgehead atoms. The maximum absolute atomic E-state index is 13.8. The first kappa shape index (κ1) is 17.2. The summed E-state index contributed by atoms with van der Waals surface area (Å²) in [6.45, 7) is 0. The summed E-state index contributed by atoms with van der Waals surface area (Å²) in [5.41, 5.74) is 1.44. The molecule has 1 unspecified atom stereocenters. The molecule has 2 aromatic carbocycles. The summed E-state index contributed by atoms with van der Waals surface area (Å²) in [6, 6.07) is 13.7. The van der Waals surface area contributed by atoms with Crippen molar-refractivity contribution in [1.82, 2.24) is 9.78 Å². The van der Waals surface area contributed by atoms with Crippen LogP contribution in [0.2, 0.25) is 5.02 Å². The van der Waals surface area contributed by atoms with E-state index in [-0.39, 0.29) is 18.0 Å². The number of nitrogens with zero attached hydrogens (tertiary/aromatic N) is 2. The largest absolute Gasteiger partial charge is 0.322 e. The predicted octanol–water partition coefficient (Wildman–Crippen LogP) is 3.86. The second-order valence-corrected chi connectivity index (χ2v) is 6.54. The van der Waals surface area contributed by atoms with Crippen molar-refractivity contribution >= 4 is 34.9 Å². The van der Waals surface area contributed by atoms with Crippen LogP contribution in [-0.4, -0.2) is 21.6 Å². The number of aromatic nitrogens is 2. The fourth-order valence-electron chi connectivity index (χ4n) is 2.93. The summed E-state index contributed by atoms with van der Waals surface area (Å²) in [5.74, 6) is -0.959. The van der Waals surface area contributed by atoms with Crippen molar-refractivity contribution in [3.63, 3.8) is 0 Å². The van der Waals surface area contributed by atoms with Gasteiger partial charge in [0.15, 0.2) is 0 Å². The zero-order valence-electron chi connectivity index (χ0n) is 13.9. The monoisotopic (exact) mass is 384 g/mol. The first-order valence-electron chi connectivity index (χ1n) is 8.22. The van der Waals surface area contributed by atoms with Gasteiger partial charge in [-0.25, -0.2) is 9.07 Å². The Morgan fingerprint density at radius 2 is 1.96 bits per heavy atom. The minimum Gasteiger partial charge on any atom is -0.322 e. The summed E-state index contributed by atoms with van der Waals surface area (Å²) in [7, 11) is 0. The van der Waals surface area contributed by atoms with Gasteiger partial charge in [-0.2, -0.15) is 5.10 Å². The number of halogens is 2. The number of amides is 2. The molecule has 0 spiro atoms. The molecule has 8 heteroatoms. The number of fused-ring (bicyclic) bond motifs is 1. The molecule has 136 valence electrons. The van der Waals surface area contributed by atoms with Gasteiger partial charge in [0, 0.05) is 16.7 Å². The van der Waals surface area contributed by atoms with Gasteiger partial charge in [-0.1, -0.05) is 35.9 Å². The molecular formula is C19H14ClFN4O2. The average molecular weight is 385 g/mol. The number of hydrogen-bond donors (Lipinski definition) is 2. The first-order chi connectivity index (χ1) is 13.0. The molecule has 1 aliphatic heterocycles. The number of benzene rings is 2. The zero-order valence-corrected chi connectivity index (χ0v) is 14.7. The fourth-order valence-corrected chi connectivity index (χ4v) is 3.05. The summed E-state index contributed by atoms with van der Waals surface area (Å²) < 4.78 is 15.3. The van der Waals surface area contributed by atoms with E-state index in [9.17, 15) is 14.0 Å². The van der Waals surface area contributed by atoms with Gasteiger partial charge in [0.1, 0.15) is 17.7 Å². The Labute approximate surface area is 158 Å². The van der Waals surface area contributed by atoms with Gasteiger partial charge in [-0.3, -0.25) is 9.59 Å². The van der Waals surface area contributed by atoms with Crippen LogP contribution >= 0.6 is 11.6 Å². The molecule has 0 saturated carbocycles. The van der Waals surface area contributed by atoms with E-state index in [2.05, 4.69) is 15.7 Å². The molecule has 3 aromatic rings. The quantitative estimate of drug-likeness (QED) is 0.719. The lowest BCUT2D eigenvalue weighted by molar-refractivity contribution is -0.125. The van der Waals surface area contributed by atoms with Crippen LogP contribution in [0.1, 0.15) is 12.5 Å². The van der Waals surface area contributed by atoms with Gasteiger partial charge in [0.05, 0.1) is 17.8 Å². The van der Waals surface area contributed by atoms with Crippen molar-refractivity contribution in [3.05, 3.63) is 65.4 Å². The molecule has 1 aromatic heterocycles. The summed E-state index contributed by atoms with van der Waals surface area (Å²) in [5, 5.41) is 10.3. The van der Waals surface area contributed by atoms with Gasteiger partial charge >= 0.3 is 0 Å². The highest BCUT2D eigenvalue weighted by Crippen LogP contribution is 2.30. The van der Waals surface area contributed by atoms with E-state index in [4.69, 9.17) is 11.6 Å². The molecule has 1 atom stereocenters. The molecule has 27 heavy (non-hydrogen) atoms. The molecule has 2 amide bonds. The zero-order chi connectivity index (χ0) is 19.0. The van der Waals surface area contributed by atoms with E-state index in [1.54, 1.807) is 36.4 Å². The summed E-state index contributed by atoms with van der Waals surface area (Å²) >= 11 is 5.91. The van der Waals surface area contributed by atoms with Crippen molar-refractivity contribution in [1.29, 1.82) is 0 Å². The van der Waals surface area contributed by atoms with E-state index in [1.165, 1.54) is 22.9 Å². The lowest BCUT2D eigenvalue weighted by atomic mass is 10.1. The Hall–Kier alpha value is -3.19. The topological polar surface area (TPSA) is 76.0 Å². The number of rotatable bonds is 3. The van der Waals surface area contributed by atoms with Crippen molar-refractivity contribution in [3.8, 4) is 11.3 Å². The number of carbonyl (C=O) groups is 2. The van der Waals surface area contributed by atoms with Crippen LogP contribution in [-0.2, 0) is 9.59 Å². The van der Waals surface area contributed by atoms with Gasteiger partial charge in [0.2, 0.25) is 11.8 Å². The number of nitrogens with one attached hydrogen (secondary N) is 2. The van der Waals surface area contributed by atoms with Crippen molar-refractivity contribution < 1.29 is 14.0 Å². The standard InChI is InChI=1S/C19H14ClFN4O2/c20-12-7-5-11(6-8-12)15-9-17-23-18(26)10-16(25(17)24-15)19(27)22-14-4-2-1-3-13(14)21/h1-9,16H,10H2,(H,22,27)(H,23,26). The lowest BCUT2D eigenvalue weighted by Gasteiger charge is -2.23. The van der Waals surface area contributed by atoms with Crippen molar-refractivity contribution in [2.45, 2.75) is 12.5 Å². The van der Waals surface area contributed by atoms with E-state index in [0.717, 1.165) is 5.56 Å². The Morgan fingerprint density at radius 1 is 1.22 bits per heavy atom.